The van der Waals surface area contributed by atoms with Crippen molar-refractivity contribution >= 4 is 29.9 Å². The molecule has 1 N–H and O–H groups in total. The zero-order chi connectivity index (χ0) is 13.8. The lowest BCUT2D eigenvalue weighted by Gasteiger charge is -2.38. The molecule has 2 aliphatic rings. The molecule has 0 amide bonds. The number of hydrogen-bond donors (Lipinski definition) is 1. The van der Waals surface area contributed by atoms with E-state index in [1.165, 1.54) is 38.8 Å². The first-order valence-electron chi connectivity index (χ1n) is 7.74. The van der Waals surface area contributed by atoms with Crippen LogP contribution in [0.15, 0.2) is 23.5 Å². The summed E-state index contributed by atoms with van der Waals surface area (Å²) in [7, 11) is 1.89. The molecule has 118 valence electrons. The van der Waals surface area contributed by atoms with Gasteiger partial charge < -0.3 is 10.2 Å². The molecule has 1 aromatic heterocycles. The minimum Gasteiger partial charge on any atom is -0.356 e. The third kappa shape index (κ3) is 3.90. The summed E-state index contributed by atoms with van der Waals surface area (Å²) in [5.74, 6) is 1.08. The number of rotatable bonds is 4. The Bertz CT molecular complexity index is 453. The molecule has 6 heteroatoms. The van der Waals surface area contributed by atoms with Crippen LogP contribution in [0, 0.1) is 5.41 Å². The number of nitrogens with one attached hydrogen (secondary N) is 1. The van der Waals surface area contributed by atoms with Crippen LogP contribution in [-0.4, -0.2) is 47.3 Å². The molecule has 0 bridgehead atoms. The van der Waals surface area contributed by atoms with Crippen LogP contribution in [0.2, 0.25) is 0 Å². The largest absolute Gasteiger partial charge is 0.356 e. The second-order valence-electron chi connectivity index (χ2n) is 6.12. The zero-order valence-corrected chi connectivity index (χ0v) is 15.1. The number of aryl methyl sites for hydroxylation is 1. The fourth-order valence-corrected chi connectivity index (χ4v) is 3.41. The van der Waals surface area contributed by atoms with Gasteiger partial charge in [0.05, 0.1) is 0 Å². The molecule has 2 heterocycles. The Balaban J connectivity index is 0.00000161. The van der Waals surface area contributed by atoms with Crippen molar-refractivity contribution in [1.82, 2.24) is 20.0 Å². The molecule has 0 aromatic carbocycles. The summed E-state index contributed by atoms with van der Waals surface area (Å²) in [5, 5.41) is 7.71. The van der Waals surface area contributed by atoms with E-state index in [0.29, 0.717) is 5.41 Å². The summed E-state index contributed by atoms with van der Waals surface area (Å²) in [6.45, 7) is 4.28. The van der Waals surface area contributed by atoms with Crippen LogP contribution in [0.4, 0.5) is 0 Å². The number of aliphatic imine (C=N–C) groups is 1. The zero-order valence-electron chi connectivity index (χ0n) is 12.8. The normalized spacial score (nSPS) is 20.2. The quantitative estimate of drug-likeness (QED) is 0.363. The maximum absolute atomic E-state index is 4.44. The Morgan fingerprint density at radius 2 is 2.24 bits per heavy atom. The van der Waals surface area contributed by atoms with E-state index in [0.717, 1.165) is 25.5 Å². The van der Waals surface area contributed by atoms with Gasteiger partial charge in [-0.1, -0.05) is 6.42 Å². The number of hydrogen-bond acceptors (Lipinski definition) is 2. The van der Waals surface area contributed by atoms with E-state index >= 15 is 0 Å². The predicted octanol–water partition coefficient (Wildman–Crippen LogP) is 2.34. The molecule has 1 spiro atoms. The topological polar surface area (TPSA) is 45.5 Å². The van der Waals surface area contributed by atoms with Gasteiger partial charge in [0.2, 0.25) is 0 Å². The summed E-state index contributed by atoms with van der Waals surface area (Å²) in [6, 6.07) is 1.97. The van der Waals surface area contributed by atoms with Crippen molar-refractivity contribution < 1.29 is 0 Å². The van der Waals surface area contributed by atoms with Crippen molar-refractivity contribution in [3.63, 3.8) is 0 Å². The van der Waals surface area contributed by atoms with Crippen molar-refractivity contribution in [1.29, 1.82) is 0 Å². The summed E-state index contributed by atoms with van der Waals surface area (Å²) < 4.78 is 1.98. The molecule has 0 atom stereocenters. The van der Waals surface area contributed by atoms with Crippen LogP contribution in [-0.2, 0) is 6.54 Å². The van der Waals surface area contributed by atoms with E-state index in [2.05, 4.69) is 20.3 Å². The van der Waals surface area contributed by atoms with Gasteiger partial charge in [-0.25, -0.2) is 0 Å². The van der Waals surface area contributed by atoms with Gasteiger partial charge in [-0.2, -0.15) is 5.10 Å². The fraction of sp³-hybridized carbons (Fsp3) is 0.733. The highest BCUT2D eigenvalue weighted by Crippen LogP contribution is 2.47. The maximum atomic E-state index is 4.44. The lowest BCUT2D eigenvalue weighted by Crippen LogP contribution is -2.42. The van der Waals surface area contributed by atoms with Crippen LogP contribution in [0.1, 0.15) is 32.1 Å². The average molecular weight is 403 g/mol. The Hall–Kier alpha value is -0.790. The summed E-state index contributed by atoms with van der Waals surface area (Å²) >= 11 is 0. The number of likely N-dealkylation sites (tertiary alicyclic amines) is 1. The molecule has 21 heavy (non-hydrogen) atoms. The molecule has 0 radical (unpaired) electrons. The highest BCUT2D eigenvalue weighted by atomic mass is 127. The van der Waals surface area contributed by atoms with Crippen molar-refractivity contribution in [3.8, 4) is 0 Å². The Morgan fingerprint density at radius 3 is 2.81 bits per heavy atom. The molecular formula is C15H26IN5. The Labute approximate surface area is 144 Å². The monoisotopic (exact) mass is 403 g/mol. The predicted molar refractivity (Wildman–Crippen MR) is 96.1 cm³/mol. The highest BCUT2D eigenvalue weighted by molar-refractivity contribution is 14.0. The lowest BCUT2D eigenvalue weighted by atomic mass is 9.68. The summed E-state index contributed by atoms with van der Waals surface area (Å²) in [4.78, 5) is 6.88. The third-order valence-corrected chi connectivity index (χ3v) is 4.77. The minimum atomic E-state index is 0. The van der Waals surface area contributed by atoms with Crippen molar-refractivity contribution in [2.45, 2.75) is 38.6 Å². The van der Waals surface area contributed by atoms with E-state index in [9.17, 15) is 0 Å². The maximum Gasteiger partial charge on any atom is 0.193 e. The van der Waals surface area contributed by atoms with E-state index in [1.807, 2.05) is 30.2 Å². The van der Waals surface area contributed by atoms with Gasteiger partial charge in [0.1, 0.15) is 0 Å². The lowest BCUT2D eigenvalue weighted by molar-refractivity contribution is 0.151. The first-order chi connectivity index (χ1) is 9.81. The van der Waals surface area contributed by atoms with Crippen LogP contribution in [0.5, 0.6) is 0 Å². The van der Waals surface area contributed by atoms with Crippen LogP contribution in [0.3, 0.4) is 0 Å². The van der Waals surface area contributed by atoms with E-state index in [4.69, 9.17) is 0 Å². The Kier molecular flexibility index (Phi) is 5.89. The Morgan fingerprint density at radius 1 is 1.38 bits per heavy atom. The molecule has 0 unspecified atom stereocenters. The van der Waals surface area contributed by atoms with Gasteiger partial charge in [-0.15, -0.1) is 24.0 Å². The molecule has 3 rings (SSSR count). The first-order valence-corrected chi connectivity index (χ1v) is 7.74. The standard InChI is InChI=1S/C15H25N5.HI/c1-16-14(17-8-3-10-20-11-4-9-18-20)19-12-7-15(13-19)5-2-6-15;/h4,9,11H,2-3,5-8,10,12-13H2,1H3,(H,16,17);1H. The molecular weight excluding hydrogens is 377 g/mol. The first kappa shape index (κ1) is 16.6. The highest BCUT2D eigenvalue weighted by Gasteiger charge is 2.43. The fourth-order valence-electron chi connectivity index (χ4n) is 3.41. The minimum absolute atomic E-state index is 0. The molecule has 1 saturated carbocycles. The summed E-state index contributed by atoms with van der Waals surface area (Å²) in [6.07, 6.45) is 10.5. The average Bonchev–Trinajstić information content (AvgIpc) is 3.07. The molecule has 2 fully saturated rings. The molecule has 1 saturated heterocycles. The molecule has 1 aromatic rings. The van der Waals surface area contributed by atoms with Gasteiger partial charge >= 0.3 is 0 Å². The molecule has 1 aliphatic heterocycles. The summed E-state index contributed by atoms with van der Waals surface area (Å²) in [5.41, 5.74) is 0.632. The smallest absolute Gasteiger partial charge is 0.193 e. The van der Waals surface area contributed by atoms with Crippen molar-refractivity contribution in [2.75, 3.05) is 26.7 Å². The molecule has 5 nitrogen and oxygen atoms in total. The molecule has 1 aliphatic carbocycles. The second-order valence-corrected chi connectivity index (χ2v) is 6.12. The van der Waals surface area contributed by atoms with E-state index < -0.39 is 0 Å². The number of halogens is 1. The van der Waals surface area contributed by atoms with Gasteiger partial charge in [-0.05, 0) is 37.2 Å². The third-order valence-electron chi connectivity index (χ3n) is 4.77. The SMILES string of the molecule is CN=C(NCCCn1cccn1)N1CCC2(CCC2)C1.I. The van der Waals surface area contributed by atoms with Crippen molar-refractivity contribution in [3.05, 3.63) is 18.5 Å². The number of guanidine groups is 1. The van der Waals surface area contributed by atoms with E-state index in [1.54, 1.807) is 0 Å². The van der Waals surface area contributed by atoms with Crippen LogP contribution >= 0.6 is 24.0 Å². The number of nitrogens with zero attached hydrogens (tertiary/aromatic N) is 4. The van der Waals surface area contributed by atoms with Crippen molar-refractivity contribution in [2.24, 2.45) is 10.4 Å². The number of aromatic nitrogens is 2. The second kappa shape index (κ2) is 7.47. The van der Waals surface area contributed by atoms with Gasteiger partial charge in [0, 0.05) is 45.6 Å². The van der Waals surface area contributed by atoms with Gasteiger partial charge in [0.25, 0.3) is 0 Å². The van der Waals surface area contributed by atoms with Gasteiger partial charge in [0.15, 0.2) is 5.96 Å². The van der Waals surface area contributed by atoms with Gasteiger partial charge in [-0.3, -0.25) is 9.67 Å². The van der Waals surface area contributed by atoms with E-state index in [-0.39, 0.29) is 24.0 Å². The van der Waals surface area contributed by atoms with Crippen LogP contribution < -0.4 is 5.32 Å². The van der Waals surface area contributed by atoms with Crippen LogP contribution in [0.25, 0.3) is 0 Å².